The molecule has 0 radical (unpaired) electrons. The molecule has 1 spiro atoms. The second-order valence-electron chi connectivity index (χ2n) is 6.97. The highest BCUT2D eigenvalue weighted by Gasteiger charge is 2.67. The van der Waals surface area contributed by atoms with Gasteiger partial charge >= 0.3 is 5.97 Å². The van der Waals surface area contributed by atoms with Gasteiger partial charge in [-0.15, -0.1) is 0 Å². The average molecular weight is 305 g/mol. The van der Waals surface area contributed by atoms with Crippen molar-refractivity contribution in [1.29, 1.82) is 0 Å². The van der Waals surface area contributed by atoms with Crippen molar-refractivity contribution in [3.63, 3.8) is 0 Å². The molecule has 3 fully saturated rings. The summed E-state index contributed by atoms with van der Waals surface area (Å²) in [6, 6.07) is 0.329. The Morgan fingerprint density at radius 2 is 2.23 bits per heavy atom. The molecule has 0 aromatic carbocycles. The quantitative estimate of drug-likeness (QED) is 0.585. The van der Waals surface area contributed by atoms with Gasteiger partial charge in [0.1, 0.15) is 11.5 Å². The van der Waals surface area contributed by atoms with Crippen molar-refractivity contribution in [2.75, 3.05) is 13.2 Å². The molecule has 4 aliphatic rings. The second-order valence-corrected chi connectivity index (χ2v) is 6.97. The number of hydrogen-bond donors (Lipinski definition) is 0. The molecule has 22 heavy (non-hydrogen) atoms. The largest absolute Gasteiger partial charge is 0.465 e. The van der Waals surface area contributed by atoms with Crippen LogP contribution in [0.3, 0.4) is 0 Å². The summed E-state index contributed by atoms with van der Waals surface area (Å²) >= 11 is 0. The van der Waals surface area contributed by atoms with Gasteiger partial charge < -0.3 is 14.4 Å². The van der Waals surface area contributed by atoms with E-state index in [-0.39, 0.29) is 23.9 Å². The number of carbonyl (C=O) groups is 2. The molecule has 5 nitrogen and oxygen atoms in total. The van der Waals surface area contributed by atoms with Gasteiger partial charge in [0, 0.05) is 6.04 Å². The summed E-state index contributed by atoms with van der Waals surface area (Å²) in [7, 11) is 0. The van der Waals surface area contributed by atoms with E-state index in [0.717, 1.165) is 19.3 Å². The van der Waals surface area contributed by atoms with Crippen LogP contribution in [-0.2, 0) is 19.1 Å². The van der Waals surface area contributed by atoms with Crippen molar-refractivity contribution in [3.8, 4) is 0 Å². The average Bonchev–Trinajstić information content (AvgIpc) is 3.25. The lowest BCUT2D eigenvalue weighted by Crippen LogP contribution is -2.41. The zero-order valence-corrected chi connectivity index (χ0v) is 13.0. The van der Waals surface area contributed by atoms with Crippen LogP contribution in [0.15, 0.2) is 12.2 Å². The smallest absolute Gasteiger partial charge is 0.312 e. The third kappa shape index (κ3) is 1.87. The van der Waals surface area contributed by atoms with Crippen molar-refractivity contribution in [2.24, 2.45) is 11.8 Å². The summed E-state index contributed by atoms with van der Waals surface area (Å²) in [6.45, 7) is 2.98. The van der Waals surface area contributed by atoms with E-state index < -0.39 is 11.5 Å². The number of rotatable bonds is 4. The molecule has 2 saturated heterocycles. The Hall–Kier alpha value is -1.36. The van der Waals surface area contributed by atoms with Crippen LogP contribution < -0.4 is 0 Å². The van der Waals surface area contributed by atoms with E-state index in [4.69, 9.17) is 9.47 Å². The van der Waals surface area contributed by atoms with E-state index >= 15 is 0 Å². The number of esters is 1. The molecule has 2 bridgehead atoms. The minimum Gasteiger partial charge on any atom is -0.465 e. The maximum Gasteiger partial charge on any atom is 0.312 e. The fraction of sp³-hybridized carbons (Fsp3) is 0.765. The van der Waals surface area contributed by atoms with Crippen LogP contribution in [0.5, 0.6) is 0 Å². The molecule has 120 valence electrons. The Bertz CT molecular complexity index is 525. The molecule has 1 saturated carbocycles. The van der Waals surface area contributed by atoms with Crippen LogP contribution >= 0.6 is 0 Å². The van der Waals surface area contributed by atoms with Crippen molar-refractivity contribution >= 4 is 11.9 Å². The van der Waals surface area contributed by atoms with Gasteiger partial charge in [-0.3, -0.25) is 9.59 Å². The van der Waals surface area contributed by atoms with Crippen molar-refractivity contribution in [2.45, 2.75) is 56.8 Å². The van der Waals surface area contributed by atoms with Gasteiger partial charge in [-0.05, 0) is 19.3 Å². The Labute approximate surface area is 130 Å². The summed E-state index contributed by atoms with van der Waals surface area (Å²) < 4.78 is 11.4. The summed E-state index contributed by atoms with van der Waals surface area (Å²) in [5.41, 5.74) is -0.583. The van der Waals surface area contributed by atoms with Crippen LogP contribution in [0.4, 0.5) is 0 Å². The molecule has 4 rings (SSSR count). The fourth-order valence-corrected chi connectivity index (χ4v) is 4.62. The maximum atomic E-state index is 13.0. The van der Waals surface area contributed by atoms with Gasteiger partial charge in [-0.1, -0.05) is 31.9 Å². The van der Waals surface area contributed by atoms with Gasteiger partial charge in [0.2, 0.25) is 5.91 Å². The summed E-state index contributed by atoms with van der Waals surface area (Å²) in [6.07, 6.45) is 8.99. The maximum absolute atomic E-state index is 13.0. The first kappa shape index (κ1) is 14.2. The van der Waals surface area contributed by atoms with Crippen molar-refractivity contribution < 1.29 is 19.1 Å². The molecule has 4 atom stereocenters. The highest BCUT2D eigenvalue weighted by atomic mass is 16.6. The summed E-state index contributed by atoms with van der Waals surface area (Å²) in [5, 5.41) is 0. The fourth-order valence-electron chi connectivity index (χ4n) is 4.62. The topological polar surface area (TPSA) is 55.8 Å². The first-order chi connectivity index (χ1) is 10.7. The highest BCUT2D eigenvalue weighted by molar-refractivity contribution is 5.91. The van der Waals surface area contributed by atoms with Gasteiger partial charge in [0.05, 0.1) is 25.2 Å². The molecule has 1 amide bonds. The third-order valence-electron chi connectivity index (χ3n) is 5.62. The number of fused-ring (bicyclic) bond motifs is 1. The monoisotopic (exact) mass is 305 g/mol. The molecule has 0 aromatic rings. The molecule has 1 aliphatic carbocycles. The van der Waals surface area contributed by atoms with Crippen molar-refractivity contribution in [1.82, 2.24) is 4.90 Å². The molecular formula is C17H23NO4. The molecule has 0 aromatic heterocycles. The van der Waals surface area contributed by atoms with Gasteiger partial charge in [-0.25, -0.2) is 0 Å². The molecule has 3 heterocycles. The molecule has 3 aliphatic heterocycles. The number of nitrogens with zero attached hydrogens (tertiary/aromatic N) is 1. The van der Waals surface area contributed by atoms with E-state index in [0.29, 0.717) is 19.2 Å². The third-order valence-corrected chi connectivity index (χ3v) is 5.62. The van der Waals surface area contributed by atoms with E-state index in [9.17, 15) is 9.59 Å². The SMILES string of the molecule is CCCOC(=O)[C@@H]1[C@H]2C(=O)N(C3CCCC3)C[C@@]23C=C[C@H]1O3. The normalized spacial score (nSPS) is 39.8. The number of amides is 1. The Kier molecular flexibility index (Phi) is 3.29. The van der Waals surface area contributed by atoms with Crippen LogP contribution in [-0.4, -0.2) is 47.7 Å². The lowest BCUT2D eigenvalue weighted by atomic mass is 9.77. The van der Waals surface area contributed by atoms with Crippen molar-refractivity contribution in [3.05, 3.63) is 12.2 Å². The molecule has 5 heteroatoms. The number of ether oxygens (including phenoxy) is 2. The van der Waals surface area contributed by atoms with Gasteiger partial charge in [0.15, 0.2) is 0 Å². The van der Waals surface area contributed by atoms with Crippen LogP contribution in [0.2, 0.25) is 0 Å². The van der Waals surface area contributed by atoms with E-state index in [1.165, 1.54) is 12.8 Å². The van der Waals surface area contributed by atoms with E-state index in [1.807, 2.05) is 24.0 Å². The Morgan fingerprint density at radius 1 is 1.45 bits per heavy atom. The van der Waals surface area contributed by atoms with Gasteiger partial charge in [-0.2, -0.15) is 0 Å². The molecular weight excluding hydrogens is 282 g/mol. The minimum atomic E-state index is -0.583. The Morgan fingerprint density at radius 3 is 2.95 bits per heavy atom. The molecule has 0 N–H and O–H groups in total. The van der Waals surface area contributed by atoms with Gasteiger partial charge in [0.25, 0.3) is 0 Å². The lowest BCUT2D eigenvalue weighted by molar-refractivity contribution is -0.154. The second kappa shape index (κ2) is 5.08. The first-order valence-corrected chi connectivity index (χ1v) is 8.50. The number of carbonyl (C=O) groups excluding carboxylic acids is 2. The lowest BCUT2D eigenvalue weighted by Gasteiger charge is -2.26. The predicted octanol–water partition coefficient (Wildman–Crippen LogP) is 1.66. The van der Waals surface area contributed by atoms with Crippen LogP contribution in [0.25, 0.3) is 0 Å². The summed E-state index contributed by atoms with van der Waals surface area (Å²) in [5.74, 6) is -1.02. The zero-order valence-electron chi connectivity index (χ0n) is 13.0. The standard InChI is InChI=1S/C17H23NO4/c1-2-9-21-16(20)13-12-7-8-17(22-12)10-18(15(19)14(13)17)11-5-3-4-6-11/h7-8,11-14H,2-6,9-10H2,1H3/t12-,13+,14+,17+/m1/s1. The summed E-state index contributed by atoms with van der Waals surface area (Å²) in [4.78, 5) is 27.3. The van der Waals surface area contributed by atoms with Crippen LogP contribution in [0, 0.1) is 11.8 Å². The number of likely N-dealkylation sites (tertiary alicyclic amines) is 1. The minimum absolute atomic E-state index is 0.0946. The zero-order chi connectivity index (χ0) is 15.3. The highest BCUT2D eigenvalue weighted by Crippen LogP contribution is 2.53. The van der Waals surface area contributed by atoms with Crippen LogP contribution in [0.1, 0.15) is 39.0 Å². The Balaban J connectivity index is 1.58. The number of hydrogen-bond acceptors (Lipinski definition) is 4. The first-order valence-electron chi connectivity index (χ1n) is 8.50. The van der Waals surface area contributed by atoms with E-state index in [2.05, 4.69) is 0 Å². The predicted molar refractivity (Wildman–Crippen MR) is 78.9 cm³/mol. The van der Waals surface area contributed by atoms with E-state index in [1.54, 1.807) is 0 Å². The molecule has 0 unspecified atom stereocenters.